The molecule has 0 amide bonds. The molecule has 1 unspecified atom stereocenters. The molecule has 5 saturated heterocycles. The van der Waals surface area contributed by atoms with Crippen molar-refractivity contribution in [1.29, 1.82) is 0 Å². The molecule has 0 radical (unpaired) electrons. The Morgan fingerprint density at radius 2 is 1.47 bits per heavy atom. The predicted octanol–water partition coefficient (Wildman–Crippen LogP) is -1.06. The number of hydrogen-bond acceptors (Lipinski definition) is 18. The van der Waals surface area contributed by atoms with E-state index >= 15 is 0 Å². The Morgan fingerprint density at radius 1 is 0.742 bits per heavy atom. The number of ether oxygens (including phenoxy) is 8. The molecule has 5 heterocycles. The molecule has 354 valence electrons. The van der Waals surface area contributed by atoms with Crippen LogP contribution in [-0.4, -0.2) is 187 Å². The fourth-order valence-electron chi connectivity index (χ4n) is 13.8. The molecule has 9 aliphatic rings. The summed E-state index contributed by atoms with van der Waals surface area (Å²) in [5.41, 5.74) is -0.510. The van der Waals surface area contributed by atoms with E-state index in [1.165, 1.54) is 12.5 Å². The normalized spacial score (nSPS) is 58.9. The van der Waals surface area contributed by atoms with Gasteiger partial charge in [-0.05, 0) is 87.4 Å². The van der Waals surface area contributed by atoms with E-state index in [1.54, 1.807) is 0 Å². The van der Waals surface area contributed by atoms with E-state index in [-0.39, 0.29) is 17.3 Å². The molecule has 10 N–H and O–H groups in total. The number of allylic oxidation sites excluding steroid dienone is 1. The summed E-state index contributed by atoms with van der Waals surface area (Å²) >= 11 is 0. The van der Waals surface area contributed by atoms with Gasteiger partial charge in [-0.1, -0.05) is 39.3 Å². The maximum atomic E-state index is 12.8. The van der Waals surface area contributed by atoms with Crippen LogP contribution in [0, 0.1) is 40.4 Å². The molecule has 8 fully saturated rings. The van der Waals surface area contributed by atoms with Crippen LogP contribution in [0.15, 0.2) is 11.6 Å². The highest BCUT2D eigenvalue weighted by molar-refractivity contribution is 5.29. The van der Waals surface area contributed by atoms with Gasteiger partial charge in [-0.3, -0.25) is 0 Å². The molecule has 5 aliphatic heterocycles. The van der Waals surface area contributed by atoms with E-state index in [4.69, 9.17) is 37.9 Å². The van der Waals surface area contributed by atoms with Crippen molar-refractivity contribution in [3.63, 3.8) is 0 Å². The fraction of sp³-hybridized carbons (Fsp3) is 0.955. The van der Waals surface area contributed by atoms with E-state index in [2.05, 4.69) is 26.8 Å². The Bertz CT molecular complexity index is 1660. The van der Waals surface area contributed by atoms with Gasteiger partial charge in [0.25, 0.3) is 0 Å². The second-order valence-electron chi connectivity index (χ2n) is 20.8. The molecule has 4 aliphatic carbocycles. The highest BCUT2D eigenvalue weighted by atomic mass is 16.8. The minimum atomic E-state index is -1.75. The van der Waals surface area contributed by atoms with Gasteiger partial charge in [0.15, 0.2) is 24.7 Å². The molecule has 0 aromatic rings. The van der Waals surface area contributed by atoms with Crippen molar-refractivity contribution >= 4 is 0 Å². The van der Waals surface area contributed by atoms with Gasteiger partial charge >= 0.3 is 0 Å². The summed E-state index contributed by atoms with van der Waals surface area (Å²) in [4.78, 5) is 0. The molecule has 18 nitrogen and oxygen atoms in total. The van der Waals surface area contributed by atoms with Gasteiger partial charge in [0.1, 0.15) is 72.7 Å². The summed E-state index contributed by atoms with van der Waals surface area (Å²) < 4.78 is 49.5. The molecule has 18 heteroatoms. The largest absolute Gasteiger partial charge is 0.394 e. The monoisotopic (exact) mass is 886 g/mol. The van der Waals surface area contributed by atoms with Gasteiger partial charge in [-0.25, -0.2) is 0 Å². The average molecular weight is 887 g/mol. The van der Waals surface area contributed by atoms with E-state index in [0.717, 1.165) is 25.7 Å². The topological polar surface area (TPSA) is 276 Å². The summed E-state index contributed by atoms with van der Waals surface area (Å²) in [5, 5.41) is 109. The smallest absolute Gasteiger partial charge is 0.200 e. The van der Waals surface area contributed by atoms with Crippen LogP contribution in [0.1, 0.15) is 86.0 Å². The Kier molecular flexibility index (Phi) is 12.4. The molecule has 0 bridgehead atoms. The number of hydrogen-bond donors (Lipinski definition) is 10. The summed E-state index contributed by atoms with van der Waals surface area (Å²) in [6, 6.07) is 0. The second kappa shape index (κ2) is 16.7. The zero-order valence-corrected chi connectivity index (χ0v) is 36.3. The van der Waals surface area contributed by atoms with Gasteiger partial charge in [0.05, 0.1) is 38.1 Å². The van der Waals surface area contributed by atoms with Crippen LogP contribution < -0.4 is 0 Å². The first kappa shape index (κ1) is 46.1. The fourth-order valence-corrected chi connectivity index (χ4v) is 13.8. The zero-order chi connectivity index (χ0) is 44.4. The van der Waals surface area contributed by atoms with Crippen LogP contribution in [0.5, 0.6) is 0 Å². The third-order valence-electron chi connectivity index (χ3n) is 17.6. The Balaban J connectivity index is 0.943. The maximum absolute atomic E-state index is 12.8. The van der Waals surface area contributed by atoms with Crippen LogP contribution in [0.4, 0.5) is 0 Å². The van der Waals surface area contributed by atoms with E-state index in [9.17, 15) is 51.1 Å². The quantitative estimate of drug-likeness (QED) is 0.137. The Labute approximate surface area is 362 Å². The van der Waals surface area contributed by atoms with Crippen LogP contribution in [0.25, 0.3) is 0 Å². The third-order valence-corrected chi connectivity index (χ3v) is 17.6. The lowest BCUT2D eigenvalue weighted by atomic mass is 9.46. The van der Waals surface area contributed by atoms with E-state index in [0.29, 0.717) is 44.1 Å². The highest BCUT2D eigenvalue weighted by Gasteiger charge is 2.77. The second-order valence-corrected chi connectivity index (χ2v) is 20.8. The van der Waals surface area contributed by atoms with Crippen molar-refractivity contribution in [2.24, 2.45) is 40.4 Å². The first-order valence-corrected chi connectivity index (χ1v) is 23.0. The van der Waals surface area contributed by atoms with Crippen LogP contribution >= 0.6 is 0 Å². The molecule has 9 rings (SSSR count). The van der Waals surface area contributed by atoms with E-state index < -0.39 is 140 Å². The van der Waals surface area contributed by atoms with Crippen LogP contribution in [0.3, 0.4) is 0 Å². The number of aliphatic hydroxyl groups excluding tert-OH is 9. The molecule has 0 aromatic heterocycles. The minimum absolute atomic E-state index is 0.164. The molecule has 62 heavy (non-hydrogen) atoms. The zero-order valence-electron chi connectivity index (χ0n) is 36.3. The number of aliphatic hydroxyl groups is 10. The molecular weight excluding hydrogens is 816 g/mol. The molecule has 0 aromatic carbocycles. The van der Waals surface area contributed by atoms with Crippen molar-refractivity contribution < 1.29 is 89.0 Å². The molecular formula is C44H70O18. The van der Waals surface area contributed by atoms with Crippen LogP contribution in [-0.2, 0) is 37.9 Å². The van der Waals surface area contributed by atoms with Crippen molar-refractivity contribution in [2.45, 2.75) is 202 Å². The average Bonchev–Trinajstić information content (AvgIpc) is 3.61. The summed E-state index contributed by atoms with van der Waals surface area (Å²) in [5.74, 6) is -0.582. The van der Waals surface area contributed by atoms with Crippen molar-refractivity contribution in [3.05, 3.63) is 11.6 Å². The Morgan fingerprint density at radius 3 is 2.19 bits per heavy atom. The van der Waals surface area contributed by atoms with Crippen LogP contribution in [0.2, 0.25) is 0 Å². The number of fused-ring (bicyclic) bond motifs is 7. The summed E-state index contributed by atoms with van der Waals surface area (Å²) in [7, 11) is 0. The summed E-state index contributed by atoms with van der Waals surface area (Å²) in [6.07, 6.45) is -14.6. The highest BCUT2D eigenvalue weighted by Crippen LogP contribution is 2.72. The molecule has 26 atom stereocenters. The lowest BCUT2D eigenvalue weighted by molar-refractivity contribution is -0.390. The first-order valence-electron chi connectivity index (χ1n) is 23.0. The molecule has 3 saturated carbocycles. The maximum Gasteiger partial charge on any atom is 0.200 e. The van der Waals surface area contributed by atoms with Gasteiger partial charge in [0.2, 0.25) is 0 Å². The van der Waals surface area contributed by atoms with Crippen molar-refractivity contribution in [2.75, 3.05) is 19.8 Å². The number of rotatable bonds is 7. The minimum Gasteiger partial charge on any atom is -0.394 e. The lowest BCUT2D eigenvalue weighted by Crippen LogP contribution is -2.66. The lowest BCUT2D eigenvalue weighted by Gasteiger charge is -2.60. The third kappa shape index (κ3) is 6.95. The van der Waals surface area contributed by atoms with Gasteiger partial charge in [0, 0.05) is 11.3 Å². The van der Waals surface area contributed by atoms with Crippen molar-refractivity contribution in [1.82, 2.24) is 0 Å². The summed E-state index contributed by atoms with van der Waals surface area (Å²) in [6.45, 7) is 9.50. The SMILES string of the molecule is C[C@@H]1CO[C@@]2(O[C@H]3C[C@H]4C5CC=C6C[C@@H](O[C@@H]7O[C@H](CO)[C@H](O)[C@H](O[C@@H]8OC[C@@H](O)[C@H](O)[C@H]8O)[C@H]7O[C@@H]7O[C@@H](C)[C@H](O)[C@@H](O)[C@H]7O)CC[C@]6(C)[C@H]5CC[C@]4(C)[C@@]3(O)[C@@H]2C)[C@@H](O)C1. The molecule has 1 spiro atoms. The van der Waals surface area contributed by atoms with Gasteiger partial charge < -0.3 is 89.0 Å². The first-order chi connectivity index (χ1) is 29.3. The van der Waals surface area contributed by atoms with E-state index in [1.807, 2.05) is 6.92 Å². The van der Waals surface area contributed by atoms with Gasteiger partial charge in [-0.2, -0.15) is 0 Å². The standard InChI is InChI=1S/C44H70O18/c1-18-12-28(47)44(56-16-18)20(3)43(54)29(62-44)14-25-23-7-6-21-13-22(8-10-41(21,4)24(23)9-11-42(25,43)5)58-40-37(61-39-35(53)33(51)30(48)19(2)57-39)36(32(50)27(15-45)59-40)60-38-34(52)31(49)26(46)17-55-38/h6,18-20,22-40,45-54H,7-17H2,1-5H3/t18-,19-,20-,22-,23?,24-,25-,26+,27+,28-,29-,30-,31-,32-,33+,34+,35+,36-,37+,38-,39-,40+,41-,42-,43+,44-/m0/s1. The van der Waals surface area contributed by atoms with Gasteiger partial charge in [-0.15, -0.1) is 0 Å². The predicted molar refractivity (Wildman–Crippen MR) is 211 cm³/mol. The Hall–Kier alpha value is -0.980. The van der Waals surface area contributed by atoms with Crippen molar-refractivity contribution in [3.8, 4) is 0 Å².